The molecule has 2 spiro atoms. The summed E-state index contributed by atoms with van der Waals surface area (Å²) >= 11 is 0. The van der Waals surface area contributed by atoms with E-state index in [1.165, 1.54) is 18.4 Å². The number of likely N-dealkylation sites (tertiary alicyclic amines) is 2. The first-order valence-electron chi connectivity index (χ1n) is 15.5. The minimum atomic E-state index is -0.506. The second-order valence-corrected chi connectivity index (χ2v) is 14.0. The Labute approximate surface area is 242 Å². The number of fused-ring (bicyclic) bond motifs is 4. The van der Waals surface area contributed by atoms with Crippen molar-refractivity contribution in [2.45, 2.75) is 102 Å². The number of nitrogens with one attached hydrogen (secondary N) is 1. The van der Waals surface area contributed by atoms with E-state index in [9.17, 15) is 9.59 Å². The van der Waals surface area contributed by atoms with E-state index in [2.05, 4.69) is 23.0 Å². The Morgan fingerprint density at radius 3 is 2.49 bits per heavy atom. The molecule has 41 heavy (non-hydrogen) atoms. The van der Waals surface area contributed by atoms with Gasteiger partial charge in [0.1, 0.15) is 22.6 Å². The number of carbonyl (C=O) groups excluding carboxylic acids is 2. The molecule has 3 amide bonds. The van der Waals surface area contributed by atoms with Crippen LogP contribution in [0.4, 0.5) is 9.59 Å². The van der Waals surface area contributed by atoms with Crippen LogP contribution in [0.5, 0.6) is 5.75 Å². The normalized spacial score (nSPS) is 24.0. The fourth-order valence-electron chi connectivity index (χ4n) is 7.30. The Morgan fingerprint density at radius 1 is 1.07 bits per heavy atom. The van der Waals surface area contributed by atoms with E-state index in [4.69, 9.17) is 14.6 Å². The lowest BCUT2D eigenvalue weighted by atomic mass is 9.79. The number of hydrogen-bond donors (Lipinski definition) is 1. The van der Waals surface area contributed by atoms with Crippen molar-refractivity contribution in [3.05, 3.63) is 35.5 Å². The molecule has 2 saturated heterocycles. The average molecular weight is 562 g/mol. The van der Waals surface area contributed by atoms with E-state index in [1.807, 2.05) is 48.8 Å². The first kappa shape index (κ1) is 26.7. The standard InChI is InChI=1S/C32H43N5O4/c1-21-26-27(34-37(21)23-11-16-36(31(19-23)12-13-31)29(39)41-30(2,3)4)24-7-5-6-8-25(24)40-32(26)14-17-35(18-15-32)28(38)33-20-22-9-10-22/h5-8,22-23H,9-20H2,1-4H3,(H,33,38). The molecule has 1 aromatic heterocycles. The van der Waals surface area contributed by atoms with Crippen LogP contribution in [0, 0.1) is 12.8 Å². The molecule has 0 radical (unpaired) electrons. The van der Waals surface area contributed by atoms with Crippen molar-refractivity contribution in [2.24, 2.45) is 5.92 Å². The SMILES string of the molecule is Cc1c2c(nn1C1CCN(C(=O)OC(C)(C)C)C3(CC3)C1)-c1ccccc1OC21CCN(C(=O)NCC2CC2)CC1. The monoisotopic (exact) mass is 561 g/mol. The third-order valence-corrected chi connectivity index (χ3v) is 9.81. The van der Waals surface area contributed by atoms with Gasteiger partial charge < -0.3 is 24.6 Å². The maximum absolute atomic E-state index is 13.1. The van der Waals surface area contributed by atoms with E-state index in [1.54, 1.807) is 0 Å². The highest BCUT2D eigenvalue weighted by Gasteiger charge is 2.55. The predicted molar refractivity (Wildman–Crippen MR) is 155 cm³/mol. The number of rotatable bonds is 3. The van der Waals surface area contributed by atoms with Gasteiger partial charge in [0, 0.05) is 61.4 Å². The summed E-state index contributed by atoms with van der Waals surface area (Å²) in [4.78, 5) is 29.9. The van der Waals surface area contributed by atoms with Crippen LogP contribution < -0.4 is 10.1 Å². The Balaban J connectivity index is 1.16. The molecule has 220 valence electrons. The maximum atomic E-state index is 13.1. The zero-order chi connectivity index (χ0) is 28.6. The molecule has 0 bridgehead atoms. The zero-order valence-corrected chi connectivity index (χ0v) is 24.9. The Kier molecular flexibility index (Phi) is 6.11. The van der Waals surface area contributed by atoms with Crippen molar-refractivity contribution in [3.63, 3.8) is 0 Å². The van der Waals surface area contributed by atoms with Gasteiger partial charge in [-0.25, -0.2) is 9.59 Å². The highest BCUT2D eigenvalue weighted by Crippen LogP contribution is 2.54. The molecule has 9 nitrogen and oxygen atoms in total. The molecule has 5 aliphatic rings. The van der Waals surface area contributed by atoms with Crippen LogP contribution in [0.25, 0.3) is 11.3 Å². The van der Waals surface area contributed by atoms with Crippen LogP contribution in [0.1, 0.15) is 89.4 Å². The van der Waals surface area contributed by atoms with Crippen LogP contribution in [0.2, 0.25) is 0 Å². The number of nitrogens with zero attached hydrogens (tertiary/aromatic N) is 4. The van der Waals surface area contributed by atoms with Crippen molar-refractivity contribution >= 4 is 12.1 Å². The third-order valence-electron chi connectivity index (χ3n) is 9.81. The summed E-state index contributed by atoms with van der Waals surface area (Å²) < 4.78 is 14.9. The lowest BCUT2D eigenvalue weighted by molar-refractivity contribution is -0.000306. The van der Waals surface area contributed by atoms with Gasteiger partial charge in [0.15, 0.2) is 0 Å². The lowest BCUT2D eigenvalue weighted by Gasteiger charge is -2.44. The number of benzene rings is 1. The van der Waals surface area contributed by atoms with Gasteiger partial charge in [-0.2, -0.15) is 5.10 Å². The van der Waals surface area contributed by atoms with Crippen LogP contribution in [-0.2, 0) is 10.3 Å². The largest absolute Gasteiger partial charge is 0.482 e. The van der Waals surface area contributed by atoms with E-state index in [0.29, 0.717) is 25.6 Å². The molecule has 4 fully saturated rings. The molecule has 1 aromatic carbocycles. The number of urea groups is 1. The first-order chi connectivity index (χ1) is 19.6. The molecule has 9 heteroatoms. The number of para-hydroxylation sites is 1. The highest BCUT2D eigenvalue weighted by molar-refractivity contribution is 5.76. The molecule has 1 N–H and O–H groups in total. The van der Waals surface area contributed by atoms with Crippen molar-refractivity contribution in [3.8, 4) is 17.0 Å². The van der Waals surface area contributed by atoms with Gasteiger partial charge in [0.25, 0.3) is 0 Å². The fraction of sp³-hybridized carbons (Fsp3) is 0.656. The first-order valence-corrected chi connectivity index (χ1v) is 15.5. The van der Waals surface area contributed by atoms with Crippen LogP contribution >= 0.6 is 0 Å². The molecule has 4 heterocycles. The molecular weight excluding hydrogens is 518 g/mol. The summed E-state index contributed by atoms with van der Waals surface area (Å²) in [6.45, 7) is 10.7. The third kappa shape index (κ3) is 4.75. The smallest absolute Gasteiger partial charge is 0.410 e. The average Bonchev–Trinajstić information content (AvgIpc) is 3.86. The number of ether oxygens (including phenoxy) is 2. The Hall–Kier alpha value is -3.23. The molecule has 2 aliphatic carbocycles. The van der Waals surface area contributed by atoms with Crippen LogP contribution in [0.15, 0.2) is 24.3 Å². The summed E-state index contributed by atoms with van der Waals surface area (Å²) in [5.41, 5.74) is 3.23. The number of piperidine rings is 2. The van der Waals surface area contributed by atoms with E-state index in [0.717, 1.165) is 67.8 Å². The molecule has 7 rings (SSSR count). The predicted octanol–water partition coefficient (Wildman–Crippen LogP) is 5.77. The van der Waals surface area contributed by atoms with Crippen LogP contribution in [0.3, 0.4) is 0 Å². The summed E-state index contributed by atoms with van der Waals surface area (Å²) in [7, 11) is 0. The van der Waals surface area contributed by atoms with E-state index < -0.39 is 11.2 Å². The van der Waals surface area contributed by atoms with Gasteiger partial charge >= 0.3 is 12.1 Å². The van der Waals surface area contributed by atoms with Crippen molar-refractivity contribution in [2.75, 3.05) is 26.2 Å². The number of amides is 3. The molecule has 2 saturated carbocycles. The van der Waals surface area contributed by atoms with Crippen molar-refractivity contribution in [1.29, 1.82) is 0 Å². The maximum Gasteiger partial charge on any atom is 0.410 e. The fourth-order valence-corrected chi connectivity index (χ4v) is 7.30. The summed E-state index contributed by atoms with van der Waals surface area (Å²) in [5, 5.41) is 8.44. The van der Waals surface area contributed by atoms with Crippen molar-refractivity contribution in [1.82, 2.24) is 24.9 Å². The van der Waals surface area contributed by atoms with E-state index in [-0.39, 0.29) is 23.7 Å². The summed E-state index contributed by atoms with van der Waals surface area (Å²) in [5.74, 6) is 1.53. The Bertz CT molecular complexity index is 1360. The van der Waals surface area contributed by atoms with Gasteiger partial charge in [-0.3, -0.25) is 4.68 Å². The van der Waals surface area contributed by atoms with Gasteiger partial charge in [-0.15, -0.1) is 0 Å². The van der Waals surface area contributed by atoms with E-state index >= 15 is 0 Å². The molecular formula is C32H43N5O4. The molecule has 2 aromatic rings. The van der Waals surface area contributed by atoms with Crippen molar-refractivity contribution < 1.29 is 19.1 Å². The van der Waals surface area contributed by atoms with Gasteiger partial charge in [-0.05, 0) is 84.3 Å². The number of aromatic nitrogens is 2. The summed E-state index contributed by atoms with van der Waals surface area (Å²) in [6.07, 6.45) is 7.48. The molecule has 1 atom stereocenters. The second kappa shape index (κ2) is 9.39. The summed E-state index contributed by atoms with van der Waals surface area (Å²) in [6, 6.07) is 8.46. The minimum Gasteiger partial charge on any atom is -0.482 e. The van der Waals surface area contributed by atoms with Gasteiger partial charge in [-0.1, -0.05) is 12.1 Å². The number of carbonyl (C=O) groups is 2. The Morgan fingerprint density at radius 2 is 1.80 bits per heavy atom. The minimum absolute atomic E-state index is 0.0436. The lowest BCUT2D eigenvalue weighted by Crippen LogP contribution is -2.52. The second-order valence-electron chi connectivity index (χ2n) is 14.0. The molecule has 3 aliphatic heterocycles. The van der Waals surface area contributed by atoms with Gasteiger partial charge in [0.2, 0.25) is 0 Å². The quantitative estimate of drug-likeness (QED) is 0.514. The zero-order valence-electron chi connectivity index (χ0n) is 24.9. The molecule has 1 unspecified atom stereocenters. The van der Waals surface area contributed by atoms with Crippen LogP contribution in [-0.4, -0.2) is 69.0 Å². The topological polar surface area (TPSA) is 88.9 Å². The van der Waals surface area contributed by atoms with Gasteiger partial charge in [0.05, 0.1) is 6.04 Å². The number of hydrogen-bond acceptors (Lipinski definition) is 5. The highest BCUT2D eigenvalue weighted by atomic mass is 16.6.